The highest BCUT2D eigenvalue weighted by atomic mass is 32.1. The number of thiophene rings is 1. The Kier molecular flexibility index (Phi) is 4.25. The van der Waals surface area contributed by atoms with Crippen LogP contribution in [0.4, 0.5) is 0 Å². The lowest BCUT2D eigenvalue weighted by atomic mass is 9.78. The number of benzene rings is 1. The number of amidine groups is 1. The summed E-state index contributed by atoms with van der Waals surface area (Å²) in [5.74, 6) is 0.385. The minimum Gasteiger partial charge on any atom is -0.304 e. The third-order valence-corrected chi connectivity index (χ3v) is 5.88. The SMILES string of the molecule is CN1C(=N)C[C@](C)(c2cc(Cc3cccc(C#N)c3)cs2)CC1=O. The highest BCUT2D eigenvalue weighted by molar-refractivity contribution is 7.10. The molecule has 24 heavy (non-hydrogen) atoms. The van der Waals surface area contributed by atoms with Crippen LogP contribution in [0.5, 0.6) is 0 Å². The lowest BCUT2D eigenvalue weighted by Crippen LogP contribution is -2.46. The molecule has 0 bridgehead atoms. The average Bonchev–Trinajstić information content (AvgIpc) is 3.02. The number of hydrogen-bond donors (Lipinski definition) is 1. The number of carbonyl (C=O) groups excluding carboxylic acids is 1. The molecule has 1 atom stereocenters. The van der Waals surface area contributed by atoms with E-state index in [0.717, 1.165) is 16.9 Å². The minimum absolute atomic E-state index is 0.00502. The van der Waals surface area contributed by atoms with Gasteiger partial charge in [-0.2, -0.15) is 5.26 Å². The molecule has 0 unspecified atom stereocenters. The standard InChI is InChI=1S/C19H19N3OS/c1-19(9-17(21)22(2)18(23)10-19)16-8-15(12-24-16)7-13-4-3-5-14(6-13)11-20/h3-6,8,12,21H,7,9-10H2,1-2H3/t19-/m0/s1. The van der Waals surface area contributed by atoms with Crippen LogP contribution in [0, 0.1) is 16.7 Å². The summed E-state index contributed by atoms with van der Waals surface area (Å²) in [7, 11) is 1.67. The quantitative estimate of drug-likeness (QED) is 0.928. The van der Waals surface area contributed by atoms with Gasteiger partial charge in [0.2, 0.25) is 5.91 Å². The van der Waals surface area contributed by atoms with E-state index >= 15 is 0 Å². The van der Waals surface area contributed by atoms with Gasteiger partial charge in [-0.3, -0.25) is 10.2 Å². The molecule has 4 nitrogen and oxygen atoms in total. The Morgan fingerprint density at radius 3 is 2.83 bits per heavy atom. The Bertz CT molecular complexity index is 828. The van der Waals surface area contributed by atoms with Gasteiger partial charge in [0.1, 0.15) is 5.84 Å². The van der Waals surface area contributed by atoms with Gasteiger partial charge >= 0.3 is 0 Å². The topological polar surface area (TPSA) is 68.0 Å². The van der Waals surface area contributed by atoms with Crippen molar-refractivity contribution in [1.29, 1.82) is 10.7 Å². The van der Waals surface area contributed by atoms with Crippen LogP contribution in [0.2, 0.25) is 0 Å². The molecule has 0 radical (unpaired) electrons. The minimum atomic E-state index is -0.294. The number of nitrogens with one attached hydrogen (secondary N) is 1. The van der Waals surface area contributed by atoms with E-state index in [2.05, 4.69) is 24.4 Å². The monoisotopic (exact) mass is 337 g/mol. The fourth-order valence-corrected chi connectivity index (χ4v) is 4.18. The summed E-state index contributed by atoms with van der Waals surface area (Å²) in [5.41, 5.74) is 2.67. The van der Waals surface area contributed by atoms with E-state index in [4.69, 9.17) is 10.7 Å². The number of nitriles is 1. The second-order valence-corrected chi connectivity index (χ2v) is 7.53. The molecule has 0 spiro atoms. The molecule has 2 heterocycles. The smallest absolute Gasteiger partial charge is 0.228 e. The van der Waals surface area contributed by atoms with Gasteiger partial charge in [-0.25, -0.2) is 0 Å². The molecule has 0 aliphatic carbocycles. The van der Waals surface area contributed by atoms with Crippen LogP contribution in [0.25, 0.3) is 0 Å². The van der Waals surface area contributed by atoms with E-state index < -0.39 is 0 Å². The van der Waals surface area contributed by atoms with E-state index in [1.807, 2.05) is 18.2 Å². The Labute approximate surface area is 145 Å². The van der Waals surface area contributed by atoms with Crippen molar-refractivity contribution in [3.8, 4) is 6.07 Å². The Morgan fingerprint density at radius 2 is 2.12 bits per heavy atom. The van der Waals surface area contributed by atoms with Gasteiger partial charge in [0.15, 0.2) is 0 Å². The van der Waals surface area contributed by atoms with Crippen molar-refractivity contribution < 1.29 is 4.79 Å². The predicted octanol–water partition coefficient (Wildman–Crippen LogP) is 3.70. The summed E-state index contributed by atoms with van der Waals surface area (Å²) in [6.07, 6.45) is 1.79. The van der Waals surface area contributed by atoms with Crippen LogP contribution in [-0.2, 0) is 16.6 Å². The first-order chi connectivity index (χ1) is 11.4. The van der Waals surface area contributed by atoms with E-state index in [1.165, 1.54) is 10.5 Å². The first-order valence-electron chi connectivity index (χ1n) is 7.82. The van der Waals surface area contributed by atoms with Crippen LogP contribution in [0.1, 0.15) is 41.3 Å². The largest absolute Gasteiger partial charge is 0.304 e. The van der Waals surface area contributed by atoms with Gasteiger partial charge < -0.3 is 4.90 Å². The molecule has 5 heteroatoms. The highest BCUT2D eigenvalue weighted by Gasteiger charge is 2.39. The molecule has 1 fully saturated rings. The van der Waals surface area contributed by atoms with Gasteiger partial charge in [-0.05, 0) is 41.1 Å². The summed E-state index contributed by atoms with van der Waals surface area (Å²) in [5, 5.41) is 19.2. The Balaban J connectivity index is 1.81. The molecule has 1 N–H and O–H groups in total. The van der Waals surface area contributed by atoms with Crippen LogP contribution in [0.15, 0.2) is 35.7 Å². The van der Waals surface area contributed by atoms with Crippen LogP contribution >= 0.6 is 11.3 Å². The van der Waals surface area contributed by atoms with Crippen molar-refractivity contribution in [2.45, 2.75) is 31.6 Å². The molecule has 1 aromatic carbocycles. The molecule has 2 aromatic rings. The van der Waals surface area contributed by atoms with Gasteiger partial charge in [-0.1, -0.05) is 19.1 Å². The summed E-state index contributed by atoms with van der Waals surface area (Å²) in [6.45, 7) is 2.07. The molecule has 1 saturated heterocycles. The maximum atomic E-state index is 12.1. The fourth-order valence-electron chi connectivity index (χ4n) is 3.10. The first kappa shape index (κ1) is 16.4. The van der Waals surface area contributed by atoms with Crippen LogP contribution in [0.3, 0.4) is 0 Å². The Hall–Kier alpha value is -2.45. The maximum Gasteiger partial charge on any atom is 0.228 e. The summed E-state index contributed by atoms with van der Waals surface area (Å²) in [4.78, 5) is 14.7. The lowest BCUT2D eigenvalue weighted by Gasteiger charge is -2.36. The van der Waals surface area contributed by atoms with E-state index in [0.29, 0.717) is 24.2 Å². The van der Waals surface area contributed by atoms with E-state index in [-0.39, 0.29) is 11.3 Å². The fraction of sp³-hybridized carbons (Fsp3) is 0.316. The third-order valence-electron chi connectivity index (χ3n) is 4.59. The number of amides is 1. The first-order valence-corrected chi connectivity index (χ1v) is 8.70. The van der Waals surface area contributed by atoms with E-state index in [1.54, 1.807) is 24.5 Å². The zero-order chi connectivity index (χ0) is 17.3. The highest BCUT2D eigenvalue weighted by Crippen LogP contribution is 2.39. The third kappa shape index (κ3) is 3.10. The van der Waals surface area contributed by atoms with Crippen molar-refractivity contribution in [1.82, 2.24) is 4.90 Å². The van der Waals surface area contributed by atoms with Gasteiger partial charge in [0.05, 0.1) is 11.6 Å². The average molecular weight is 337 g/mol. The lowest BCUT2D eigenvalue weighted by molar-refractivity contribution is -0.128. The zero-order valence-corrected chi connectivity index (χ0v) is 14.6. The summed E-state index contributed by atoms with van der Waals surface area (Å²) >= 11 is 1.66. The Morgan fingerprint density at radius 1 is 1.33 bits per heavy atom. The predicted molar refractivity (Wildman–Crippen MR) is 95.4 cm³/mol. The molecule has 1 aromatic heterocycles. The molecule has 0 saturated carbocycles. The van der Waals surface area contributed by atoms with Crippen molar-refractivity contribution in [3.63, 3.8) is 0 Å². The molecule has 1 aliphatic heterocycles. The van der Waals surface area contributed by atoms with Crippen molar-refractivity contribution in [2.75, 3.05) is 7.05 Å². The second-order valence-electron chi connectivity index (χ2n) is 6.62. The number of rotatable bonds is 3. The normalized spacial score (nSPS) is 21.0. The molecule has 1 aliphatic rings. The molecular formula is C19H19N3OS. The van der Waals surface area contributed by atoms with E-state index in [9.17, 15) is 4.79 Å². The van der Waals surface area contributed by atoms with Crippen molar-refractivity contribution >= 4 is 23.1 Å². The summed E-state index contributed by atoms with van der Waals surface area (Å²) in [6, 6.07) is 12.0. The van der Waals surface area contributed by atoms with Crippen molar-refractivity contribution in [2.24, 2.45) is 0 Å². The molecular weight excluding hydrogens is 318 g/mol. The second kappa shape index (κ2) is 6.21. The number of piperidine rings is 1. The summed E-state index contributed by atoms with van der Waals surface area (Å²) < 4.78 is 0. The van der Waals surface area contributed by atoms with Gasteiger partial charge in [0.25, 0.3) is 0 Å². The van der Waals surface area contributed by atoms with Gasteiger partial charge in [0, 0.05) is 30.2 Å². The van der Waals surface area contributed by atoms with Crippen molar-refractivity contribution in [3.05, 3.63) is 57.3 Å². The molecule has 122 valence electrons. The molecule has 1 amide bonds. The maximum absolute atomic E-state index is 12.1. The number of carbonyl (C=O) groups is 1. The van der Waals surface area contributed by atoms with Crippen LogP contribution < -0.4 is 0 Å². The van der Waals surface area contributed by atoms with Gasteiger partial charge in [-0.15, -0.1) is 11.3 Å². The number of nitrogens with zero attached hydrogens (tertiary/aromatic N) is 2. The number of hydrogen-bond acceptors (Lipinski definition) is 4. The zero-order valence-electron chi connectivity index (χ0n) is 13.8. The number of likely N-dealkylation sites (tertiary alicyclic amines) is 1. The van der Waals surface area contributed by atoms with Crippen LogP contribution in [-0.4, -0.2) is 23.7 Å². The molecule has 3 rings (SSSR count).